The lowest BCUT2D eigenvalue weighted by Crippen LogP contribution is -2.50. The van der Waals surface area contributed by atoms with Crippen LogP contribution in [0, 0.1) is 0 Å². The molecule has 0 radical (unpaired) electrons. The molecule has 0 spiro atoms. The van der Waals surface area contributed by atoms with Crippen LogP contribution in [0.5, 0.6) is 0 Å². The highest BCUT2D eigenvalue weighted by molar-refractivity contribution is 7.87. The van der Waals surface area contributed by atoms with Gasteiger partial charge in [0.15, 0.2) is 0 Å². The molecule has 2 heterocycles. The van der Waals surface area contributed by atoms with E-state index in [4.69, 9.17) is 0 Å². The first-order valence-electron chi connectivity index (χ1n) is 7.31. The first-order valence-corrected chi connectivity index (χ1v) is 8.75. The van der Waals surface area contributed by atoms with Gasteiger partial charge in [-0.3, -0.25) is 0 Å². The van der Waals surface area contributed by atoms with E-state index in [0.29, 0.717) is 18.9 Å². The Morgan fingerprint density at radius 2 is 1.82 bits per heavy atom. The van der Waals surface area contributed by atoms with Crippen molar-refractivity contribution >= 4 is 21.2 Å². The summed E-state index contributed by atoms with van der Waals surface area (Å²) in [7, 11) is 0.439. The smallest absolute Gasteiger partial charge is 0.279 e. The normalized spacial score (nSPS) is 18.1. The molecule has 7 nitrogen and oxygen atoms in total. The van der Waals surface area contributed by atoms with Gasteiger partial charge in [0.25, 0.3) is 10.2 Å². The number of imidazole rings is 1. The second-order valence-corrected chi connectivity index (χ2v) is 7.36. The first-order chi connectivity index (χ1) is 10.5. The van der Waals surface area contributed by atoms with Gasteiger partial charge in [-0.2, -0.15) is 17.4 Å². The maximum Gasteiger partial charge on any atom is 0.279 e. The Morgan fingerprint density at radius 1 is 1.14 bits per heavy atom. The van der Waals surface area contributed by atoms with Crippen molar-refractivity contribution in [2.75, 3.05) is 33.2 Å². The molecule has 22 heavy (non-hydrogen) atoms. The number of fused-ring (bicyclic) bond motifs is 1. The topological polar surface area (TPSA) is 70.5 Å². The predicted octanol–water partition coefficient (Wildman–Crippen LogP) is 0.155. The third kappa shape index (κ3) is 3.00. The van der Waals surface area contributed by atoms with Crippen LogP contribution in [0.25, 0.3) is 11.0 Å². The summed E-state index contributed by atoms with van der Waals surface area (Å²) in [4.78, 5) is 6.60. The highest BCUT2D eigenvalue weighted by Gasteiger charge is 2.25. The summed E-state index contributed by atoms with van der Waals surface area (Å²) in [6, 6.07) is 7.77. The minimum Gasteiger partial charge on any atom is -0.330 e. The minimum absolute atomic E-state index is 0.194. The Bertz CT molecular complexity index is 763. The Kier molecular flexibility index (Phi) is 4.18. The number of nitrogens with one attached hydrogen (secondary N) is 1. The van der Waals surface area contributed by atoms with E-state index >= 15 is 0 Å². The van der Waals surface area contributed by atoms with Crippen LogP contribution in [0.15, 0.2) is 24.3 Å². The van der Waals surface area contributed by atoms with Crippen molar-refractivity contribution < 1.29 is 8.42 Å². The van der Waals surface area contributed by atoms with E-state index in [0.717, 1.165) is 24.1 Å². The highest BCUT2D eigenvalue weighted by Crippen LogP contribution is 2.14. The third-order valence-corrected chi connectivity index (χ3v) is 5.65. The van der Waals surface area contributed by atoms with Crippen molar-refractivity contribution in [3.8, 4) is 0 Å². The van der Waals surface area contributed by atoms with Gasteiger partial charge >= 0.3 is 0 Å². The SMILES string of the molecule is CN1CCN(S(=O)(=O)NCc2nc3ccccc3n2C)CC1. The number of piperazine rings is 1. The van der Waals surface area contributed by atoms with Crippen LogP contribution >= 0.6 is 0 Å². The molecule has 1 fully saturated rings. The molecule has 0 atom stereocenters. The van der Waals surface area contributed by atoms with Gasteiger partial charge in [-0.05, 0) is 19.2 Å². The van der Waals surface area contributed by atoms with Crippen LogP contribution < -0.4 is 4.72 Å². The van der Waals surface area contributed by atoms with Crippen molar-refractivity contribution in [3.63, 3.8) is 0 Å². The van der Waals surface area contributed by atoms with Crippen molar-refractivity contribution in [2.45, 2.75) is 6.54 Å². The van der Waals surface area contributed by atoms with E-state index in [1.807, 2.05) is 42.9 Å². The number of hydrogen-bond acceptors (Lipinski definition) is 4. The molecule has 8 heteroatoms. The molecule has 120 valence electrons. The molecule has 1 aliphatic heterocycles. The van der Waals surface area contributed by atoms with Crippen LogP contribution in [0.4, 0.5) is 0 Å². The Hall–Kier alpha value is -1.48. The van der Waals surface area contributed by atoms with Gasteiger partial charge < -0.3 is 9.47 Å². The first kappa shape index (κ1) is 15.4. The van der Waals surface area contributed by atoms with Crippen LogP contribution in [-0.2, 0) is 23.8 Å². The van der Waals surface area contributed by atoms with E-state index in [1.165, 1.54) is 4.31 Å². The quantitative estimate of drug-likeness (QED) is 0.870. The number of aryl methyl sites for hydroxylation is 1. The van der Waals surface area contributed by atoms with Gasteiger partial charge in [-0.25, -0.2) is 4.98 Å². The molecule has 1 N–H and O–H groups in total. The van der Waals surface area contributed by atoms with Gasteiger partial charge in [0.05, 0.1) is 17.6 Å². The molecule has 1 aromatic heterocycles. The number of benzene rings is 1. The maximum absolute atomic E-state index is 12.4. The minimum atomic E-state index is -3.46. The van der Waals surface area contributed by atoms with Gasteiger partial charge in [0.1, 0.15) is 5.82 Å². The lowest BCUT2D eigenvalue weighted by molar-refractivity contribution is 0.220. The van der Waals surface area contributed by atoms with Gasteiger partial charge in [0, 0.05) is 33.2 Å². The lowest BCUT2D eigenvalue weighted by atomic mass is 10.3. The zero-order valence-corrected chi connectivity index (χ0v) is 13.7. The van der Waals surface area contributed by atoms with Crippen molar-refractivity contribution in [3.05, 3.63) is 30.1 Å². The fraction of sp³-hybridized carbons (Fsp3) is 0.500. The molecular weight excluding hydrogens is 302 g/mol. The number of para-hydroxylation sites is 2. The molecule has 0 aliphatic carbocycles. The van der Waals surface area contributed by atoms with E-state index < -0.39 is 10.2 Å². The van der Waals surface area contributed by atoms with E-state index in [-0.39, 0.29) is 6.54 Å². The Labute approximate surface area is 130 Å². The lowest BCUT2D eigenvalue weighted by Gasteiger charge is -2.31. The average molecular weight is 323 g/mol. The summed E-state index contributed by atoms with van der Waals surface area (Å²) in [6.45, 7) is 2.75. The molecule has 1 saturated heterocycles. The molecular formula is C14H21N5O2S. The van der Waals surface area contributed by atoms with Crippen LogP contribution in [0.3, 0.4) is 0 Å². The largest absolute Gasteiger partial charge is 0.330 e. The molecule has 0 bridgehead atoms. The number of nitrogens with zero attached hydrogens (tertiary/aromatic N) is 4. The van der Waals surface area contributed by atoms with Gasteiger partial charge in [-0.1, -0.05) is 12.1 Å². The summed E-state index contributed by atoms with van der Waals surface area (Å²) in [5, 5.41) is 0. The molecule has 0 amide bonds. The van der Waals surface area contributed by atoms with E-state index in [9.17, 15) is 8.42 Å². The van der Waals surface area contributed by atoms with Crippen molar-refractivity contribution in [1.29, 1.82) is 0 Å². The maximum atomic E-state index is 12.4. The number of likely N-dealkylation sites (N-methyl/N-ethyl adjacent to an activating group) is 1. The zero-order chi connectivity index (χ0) is 15.7. The molecule has 0 saturated carbocycles. The fourth-order valence-corrected chi connectivity index (χ4v) is 3.77. The zero-order valence-electron chi connectivity index (χ0n) is 12.9. The average Bonchev–Trinajstić information content (AvgIpc) is 2.83. The standard InChI is InChI=1S/C14H21N5O2S/c1-17-7-9-19(10-8-17)22(20,21)15-11-14-16-12-5-3-4-6-13(12)18(14)2/h3-6,15H,7-11H2,1-2H3. The van der Waals surface area contributed by atoms with Gasteiger partial charge in [-0.15, -0.1) is 0 Å². The second-order valence-electron chi connectivity index (χ2n) is 5.60. The summed E-state index contributed by atoms with van der Waals surface area (Å²) >= 11 is 0. The molecule has 3 rings (SSSR count). The molecule has 1 aromatic carbocycles. The van der Waals surface area contributed by atoms with Gasteiger partial charge in [0.2, 0.25) is 0 Å². The number of aromatic nitrogens is 2. The third-order valence-electron chi connectivity index (χ3n) is 4.09. The fourth-order valence-electron chi connectivity index (χ4n) is 2.63. The van der Waals surface area contributed by atoms with Crippen molar-refractivity contribution in [2.24, 2.45) is 7.05 Å². The van der Waals surface area contributed by atoms with Crippen LogP contribution in [0.1, 0.15) is 5.82 Å². The second kappa shape index (κ2) is 5.96. The molecule has 2 aromatic rings. The van der Waals surface area contributed by atoms with Crippen LogP contribution in [-0.4, -0.2) is 60.4 Å². The highest BCUT2D eigenvalue weighted by atomic mass is 32.2. The van der Waals surface area contributed by atoms with E-state index in [1.54, 1.807) is 0 Å². The monoisotopic (exact) mass is 323 g/mol. The number of rotatable bonds is 4. The number of hydrogen-bond donors (Lipinski definition) is 1. The van der Waals surface area contributed by atoms with Crippen LogP contribution in [0.2, 0.25) is 0 Å². The Morgan fingerprint density at radius 3 is 2.50 bits per heavy atom. The summed E-state index contributed by atoms with van der Waals surface area (Å²) in [5.41, 5.74) is 1.87. The predicted molar refractivity (Wildman–Crippen MR) is 85.5 cm³/mol. The summed E-state index contributed by atoms with van der Waals surface area (Å²) in [5.74, 6) is 0.707. The van der Waals surface area contributed by atoms with E-state index in [2.05, 4.69) is 14.6 Å². The summed E-state index contributed by atoms with van der Waals surface area (Å²) < 4.78 is 30.8. The van der Waals surface area contributed by atoms with Crippen molar-refractivity contribution in [1.82, 2.24) is 23.5 Å². The Balaban J connectivity index is 1.72. The summed E-state index contributed by atoms with van der Waals surface area (Å²) in [6.07, 6.45) is 0. The molecule has 0 unspecified atom stereocenters. The molecule has 1 aliphatic rings.